The van der Waals surface area contributed by atoms with E-state index in [0.29, 0.717) is 11.4 Å². The van der Waals surface area contributed by atoms with Crippen LogP contribution in [-0.4, -0.2) is 28.2 Å². The molecule has 0 fully saturated rings. The van der Waals surface area contributed by atoms with Gasteiger partial charge in [0.05, 0.1) is 17.2 Å². The number of carbonyl (C=O) groups excluding carboxylic acids is 1. The van der Waals surface area contributed by atoms with Crippen LogP contribution >= 0.6 is 0 Å². The van der Waals surface area contributed by atoms with E-state index in [1.165, 1.54) is 55.6 Å². The molecule has 8 heteroatoms. The summed E-state index contributed by atoms with van der Waals surface area (Å²) in [6, 6.07) is 10.8. The van der Waals surface area contributed by atoms with Crippen LogP contribution in [0, 0.1) is 5.82 Å². The Morgan fingerprint density at radius 3 is 2.25 bits per heavy atom. The SMILES string of the molecule is CCOC(=O)Nc1ccc(S(=O)(=O)N(C)c2ccc(F)cc2)cc1. The fourth-order valence-electron chi connectivity index (χ4n) is 1.94. The fraction of sp³-hybridized carbons (Fsp3) is 0.188. The molecule has 0 bridgehead atoms. The molecule has 0 aliphatic heterocycles. The summed E-state index contributed by atoms with van der Waals surface area (Å²) in [5.74, 6) is -0.445. The number of benzene rings is 2. The number of hydrogen-bond donors (Lipinski definition) is 1. The normalized spacial score (nSPS) is 11.0. The van der Waals surface area contributed by atoms with Gasteiger partial charge in [-0.1, -0.05) is 0 Å². The molecular weight excluding hydrogens is 335 g/mol. The molecule has 24 heavy (non-hydrogen) atoms. The topological polar surface area (TPSA) is 75.7 Å². The summed E-state index contributed by atoms with van der Waals surface area (Å²) in [4.78, 5) is 11.4. The van der Waals surface area contributed by atoms with Gasteiger partial charge in [0.1, 0.15) is 5.82 Å². The van der Waals surface area contributed by atoms with Gasteiger partial charge in [-0.05, 0) is 55.5 Å². The molecule has 0 aliphatic rings. The number of nitrogens with one attached hydrogen (secondary N) is 1. The van der Waals surface area contributed by atoms with Gasteiger partial charge in [-0.2, -0.15) is 0 Å². The van der Waals surface area contributed by atoms with E-state index in [1.54, 1.807) is 6.92 Å². The molecule has 2 aromatic rings. The second kappa shape index (κ2) is 7.31. The minimum atomic E-state index is -3.79. The number of halogens is 1. The monoisotopic (exact) mass is 352 g/mol. The van der Waals surface area contributed by atoms with Crippen LogP contribution in [-0.2, 0) is 14.8 Å². The second-order valence-electron chi connectivity index (χ2n) is 4.82. The molecule has 0 aromatic heterocycles. The first-order chi connectivity index (χ1) is 11.3. The third-order valence-electron chi connectivity index (χ3n) is 3.22. The highest BCUT2D eigenvalue weighted by Crippen LogP contribution is 2.23. The Kier molecular flexibility index (Phi) is 5.40. The molecule has 128 valence electrons. The largest absolute Gasteiger partial charge is 0.450 e. The predicted molar refractivity (Wildman–Crippen MR) is 89.1 cm³/mol. The Morgan fingerprint density at radius 1 is 1.12 bits per heavy atom. The third kappa shape index (κ3) is 4.02. The number of nitrogens with zero attached hydrogens (tertiary/aromatic N) is 1. The summed E-state index contributed by atoms with van der Waals surface area (Å²) in [5, 5.41) is 2.48. The van der Waals surface area contributed by atoms with Crippen LogP contribution in [0.5, 0.6) is 0 Å². The number of hydrogen-bond acceptors (Lipinski definition) is 4. The van der Waals surface area contributed by atoms with Gasteiger partial charge < -0.3 is 4.74 Å². The van der Waals surface area contributed by atoms with Crippen molar-refractivity contribution in [1.82, 2.24) is 0 Å². The lowest BCUT2D eigenvalue weighted by Gasteiger charge is -2.19. The molecule has 0 aliphatic carbocycles. The van der Waals surface area contributed by atoms with Crippen LogP contribution in [0.1, 0.15) is 6.92 Å². The molecule has 0 saturated carbocycles. The van der Waals surface area contributed by atoms with Crippen molar-refractivity contribution >= 4 is 27.5 Å². The third-order valence-corrected chi connectivity index (χ3v) is 5.02. The van der Waals surface area contributed by atoms with Crippen LogP contribution in [0.25, 0.3) is 0 Å². The molecule has 0 saturated heterocycles. The highest BCUT2D eigenvalue weighted by molar-refractivity contribution is 7.92. The summed E-state index contributed by atoms with van der Waals surface area (Å²) in [7, 11) is -2.41. The number of amides is 1. The van der Waals surface area contributed by atoms with Crippen LogP contribution in [0.2, 0.25) is 0 Å². The molecule has 0 radical (unpaired) electrons. The van der Waals surface area contributed by atoms with E-state index in [9.17, 15) is 17.6 Å². The highest BCUT2D eigenvalue weighted by atomic mass is 32.2. The zero-order valence-corrected chi connectivity index (χ0v) is 14.0. The van der Waals surface area contributed by atoms with Crippen LogP contribution in [0.3, 0.4) is 0 Å². The second-order valence-corrected chi connectivity index (χ2v) is 6.79. The summed E-state index contributed by atoms with van der Waals surface area (Å²) in [6.45, 7) is 1.92. The van der Waals surface area contributed by atoms with E-state index in [4.69, 9.17) is 4.74 Å². The van der Waals surface area contributed by atoms with Crippen molar-refractivity contribution in [3.8, 4) is 0 Å². The Labute approximate surface area is 139 Å². The van der Waals surface area contributed by atoms with Gasteiger partial charge in [-0.15, -0.1) is 0 Å². The summed E-state index contributed by atoms with van der Waals surface area (Å²) in [6.07, 6.45) is -0.614. The molecule has 1 amide bonds. The van der Waals surface area contributed by atoms with Crippen molar-refractivity contribution < 1.29 is 22.3 Å². The Bertz CT molecular complexity index is 805. The smallest absolute Gasteiger partial charge is 0.411 e. The lowest BCUT2D eigenvalue weighted by molar-refractivity contribution is 0.168. The zero-order valence-electron chi connectivity index (χ0n) is 13.2. The first-order valence-electron chi connectivity index (χ1n) is 7.13. The van der Waals surface area contributed by atoms with Gasteiger partial charge in [0.25, 0.3) is 10.0 Å². The van der Waals surface area contributed by atoms with E-state index < -0.39 is 21.9 Å². The lowest BCUT2D eigenvalue weighted by Crippen LogP contribution is -2.26. The molecular formula is C16H17FN2O4S. The van der Waals surface area contributed by atoms with E-state index in [1.807, 2.05) is 0 Å². The maximum absolute atomic E-state index is 13.0. The van der Waals surface area contributed by atoms with E-state index in [0.717, 1.165) is 4.31 Å². The van der Waals surface area contributed by atoms with Crippen molar-refractivity contribution in [3.63, 3.8) is 0 Å². The van der Waals surface area contributed by atoms with Crippen LogP contribution < -0.4 is 9.62 Å². The summed E-state index contributed by atoms with van der Waals surface area (Å²) in [5.41, 5.74) is 0.752. The van der Waals surface area contributed by atoms with Crippen LogP contribution in [0.15, 0.2) is 53.4 Å². The van der Waals surface area contributed by atoms with Crippen LogP contribution in [0.4, 0.5) is 20.6 Å². The molecule has 0 unspecified atom stereocenters. The predicted octanol–water partition coefficient (Wildman–Crippen LogP) is 3.22. The van der Waals surface area contributed by atoms with Gasteiger partial charge in [0, 0.05) is 12.7 Å². The molecule has 2 rings (SSSR count). The van der Waals surface area contributed by atoms with Crippen molar-refractivity contribution in [1.29, 1.82) is 0 Å². The Morgan fingerprint density at radius 2 is 1.71 bits per heavy atom. The van der Waals surface area contributed by atoms with E-state index in [-0.39, 0.29) is 11.5 Å². The average molecular weight is 352 g/mol. The average Bonchev–Trinajstić information content (AvgIpc) is 2.55. The lowest BCUT2D eigenvalue weighted by atomic mass is 10.3. The molecule has 1 N–H and O–H groups in total. The Balaban J connectivity index is 2.20. The number of ether oxygens (including phenoxy) is 1. The van der Waals surface area contributed by atoms with Gasteiger partial charge >= 0.3 is 6.09 Å². The number of anilines is 2. The van der Waals surface area contributed by atoms with Gasteiger partial charge in [0.15, 0.2) is 0 Å². The number of carbonyl (C=O) groups is 1. The zero-order chi connectivity index (χ0) is 17.7. The molecule has 6 nitrogen and oxygen atoms in total. The summed E-state index contributed by atoms with van der Waals surface area (Å²) >= 11 is 0. The minimum Gasteiger partial charge on any atom is -0.450 e. The van der Waals surface area contributed by atoms with Gasteiger partial charge in [-0.3, -0.25) is 9.62 Å². The molecule has 2 aromatic carbocycles. The highest BCUT2D eigenvalue weighted by Gasteiger charge is 2.21. The van der Waals surface area contributed by atoms with Crippen molar-refractivity contribution in [2.24, 2.45) is 0 Å². The molecule has 0 atom stereocenters. The van der Waals surface area contributed by atoms with E-state index >= 15 is 0 Å². The summed E-state index contributed by atoms with van der Waals surface area (Å²) < 4.78 is 43.9. The van der Waals surface area contributed by atoms with Gasteiger partial charge in [-0.25, -0.2) is 17.6 Å². The first kappa shape index (κ1) is 17.7. The number of rotatable bonds is 5. The maximum Gasteiger partial charge on any atom is 0.411 e. The van der Waals surface area contributed by atoms with Gasteiger partial charge in [0.2, 0.25) is 0 Å². The number of sulfonamides is 1. The van der Waals surface area contributed by atoms with Crippen molar-refractivity contribution in [2.75, 3.05) is 23.3 Å². The van der Waals surface area contributed by atoms with Crippen molar-refractivity contribution in [3.05, 3.63) is 54.3 Å². The molecule has 0 spiro atoms. The first-order valence-corrected chi connectivity index (χ1v) is 8.57. The maximum atomic E-state index is 13.0. The fourth-order valence-corrected chi connectivity index (χ4v) is 3.14. The molecule has 0 heterocycles. The van der Waals surface area contributed by atoms with E-state index in [2.05, 4.69) is 5.32 Å². The minimum absolute atomic E-state index is 0.0451. The van der Waals surface area contributed by atoms with Crippen molar-refractivity contribution in [2.45, 2.75) is 11.8 Å². The Hall–Kier alpha value is -2.61. The quantitative estimate of drug-likeness (QED) is 0.896. The standard InChI is InChI=1S/C16H17FN2O4S/c1-3-23-16(20)18-13-6-10-15(11-7-13)24(21,22)19(2)14-8-4-12(17)5-9-14/h4-11H,3H2,1-2H3,(H,18,20).